The number of urea groups is 1. The summed E-state index contributed by atoms with van der Waals surface area (Å²) in [5, 5.41) is 9.18. The molecular formula is C37H41ClN6O2S. The molecule has 0 atom stereocenters. The van der Waals surface area contributed by atoms with Crippen LogP contribution in [0, 0.1) is 11.8 Å². The topological polar surface area (TPSA) is 88.7 Å². The summed E-state index contributed by atoms with van der Waals surface area (Å²) in [7, 11) is 1.68. The Kier molecular flexibility index (Phi) is 11.1. The van der Waals surface area contributed by atoms with E-state index in [-0.39, 0.29) is 0 Å². The molecule has 0 saturated carbocycles. The maximum atomic E-state index is 12.1. The van der Waals surface area contributed by atoms with E-state index in [1.807, 2.05) is 60.3 Å². The first-order valence-electron chi connectivity index (χ1n) is 16.1. The first-order valence-corrected chi connectivity index (χ1v) is 17.7. The van der Waals surface area contributed by atoms with Crippen molar-refractivity contribution in [1.82, 2.24) is 24.9 Å². The van der Waals surface area contributed by atoms with Gasteiger partial charge in [0.1, 0.15) is 5.75 Å². The monoisotopic (exact) mass is 668 g/mol. The van der Waals surface area contributed by atoms with Gasteiger partial charge < -0.3 is 25.6 Å². The number of aryl methyl sites for hydroxylation is 1. The highest BCUT2D eigenvalue weighted by Crippen LogP contribution is 2.32. The van der Waals surface area contributed by atoms with Gasteiger partial charge in [0, 0.05) is 85.1 Å². The van der Waals surface area contributed by atoms with Crippen molar-refractivity contribution in [3.63, 3.8) is 0 Å². The average Bonchev–Trinajstić information content (AvgIpc) is 3.46. The van der Waals surface area contributed by atoms with E-state index in [1.54, 1.807) is 12.0 Å². The van der Waals surface area contributed by atoms with E-state index in [9.17, 15) is 4.79 Å². The number of halogens is 1. The van der Waals surface area contributed by atoms with Crippen LogP contribution in [0.5, 0.6) is 5.75 Å². The first kappa shape index (κ1) is 33.0. The number of primary amides is 1. The second kappa shape index (κ2) is 15.8. The van der Waals surface area contributed by atoms with Crippen LogP contribution in [0.1, 0.15) is 39.9 Å². The van der Waals surface area contributed by atoms with Gasteiger partial charge in [0.2, 0.25) is 0 Å². The Morgan fingerprint density at radius 1 is 1.00 bits per heavy atom. The molecule has 2 aliphatic rings. The fraction of sp³-hybridized carbons (Fsp3) is 0.351. The molecule has 8 nitrogen and oxygen atoms in total. The molecule has 47 heavy (non-hydrogen) atoms. The largest absolute Gasteiger partial charge is 0.497 e. The van der Waals surface area contributed by atoms with E-state index >= 15 is 0 Å². The number of amides is 2. The summed E-state index contributed by atoms with van der Waals surface area (Å²) in [5.74, 6) is 9.84. The second-order valence-electron chi connectivity index (χ2n) is 11.9. The lowest BCUT2D eigenvalue weighted by Crippen LogP contribution is -2.39. The van der Waals surface area contributed by atoms with Crippen molar-refractivity contribution in [1.29, 1.82) is 0 Å². The highest BCUT2D eigenvalue weighted by atomic mass is 35.5. The van der Waals surface area contributed by atoms with E-state index in [2.05, 4.69) is 44.9 Å². The minimum Gasteiger partial charge on any atom is -0.497 e. The molecule has 244 valence electrons. The van der Waals surface area contributed by atoms with Crippen LogP contribution in [0.2, 0.25) is 5.02 Å². The Bertz CT molecular complexity index is 1760. The summed E-state index contributed by atoms with van der Waals surface area (Å²) in [5.41, 5.74) is 13.7. The van der Waals surface area contributed by atoms with E-state index < -0.39 is 6.03 Å². The van der Waals surface area contributed by atoms with Crippen molar-refractivity contribution >= 4 is 29.4 Å². The second-order valence-corrected chi connectivity index (χ2v) is 13.5. The fourth-order valence-corrected chi connectivity index (χ4v) is 7.26. The maximum Gasteiger partial charge on any atom is 0.315 e. The zero-order valence-corrected chi connectivity index (χ0v) is 28.4. The molecule has 0 spiro atoms. The van der Waals surface area contributed by atoms with Crippen molar-refractivity contribution in [3.05, 3.63) is 105 Å². The molecule has 1 saturated heterocycles. The minimum atomic E-state index is -0.404. The number of carbonyl (C=O) groups is 1. The molecule has 1 fully saturated rings. The van der Waals surface area contributed by atoms with Crippen LogP contribution in [0.3, 0.4) is 0 Å². The molecule has 6 rings (SSSR count). The Balaban J connectivity index is 1.15. The van der Waals surface area contributed by atoms with Gasteiger partial charge in [-0.2, -0.15) is 16.9 Å². The van der Waals surface area contributed by atoms with Crippen LogP contribution >= 0.6 is 23.4 Å². The number of fused-ring (bicyclic) bond motifs is 1. The Labute approximate surface area is 286 Å². The summed E-state index contributed by atoms with van der Waals surface area (Å²) in [6.45, 7) is 6.78. The van der Waals surface area contributed by atoms with Crippen LogP contribution < -0.4 is 15.8 Å². The van der Waals surface area contributed by atoms with Crippen molar-refractivity contribution in [3.8, 4) is 28.8 Å². The van der Waals surface area contributed by atoms with Crippen LogP contribution in [-0.2, 0) is 32.6 Å². The molecule has 1 aromatic heterocycles. The molecular weight excluding hydrogens is 628 g/mol. The number of hydrogen-bond acceptors (Lipinski definition) is 6. The molecule has 0 aliphatic carbocycles. The van der Waals surface area contributed by atoms with Crippen LogP contribution in [0.25, 0.3) is 11.3 Å². The third-order valence-corrected chi connectivity index (χ3v) is 9.99. The van der Waals surface area contributed by atoms with Crippen LogP contribution in [0.15, 0.2) is 66.7 Å². The number of ether oxygens (including phenoxy) is 1. The number of benzene rings is 3. The zero-order chi connectivity index (χ0) is 32.6. The summed E-state index contributed by atoms with van der Waals surface area (Å²) >= 11 is 8.67. The molecule has 2 aliphatic heterocycles. The Morgan fingerprint density at radius 2 is 1.81 bits per heavy atom. The van der Waals surface area contributed by atoms with Gasteiger partial charge in [0.05, 0.1) is 24.4 Å². The van der Waals surface area contributed by atoms with Gasteiger partial charge in [-0.05, 0) is 60.5 Å². The summed E-state index contributed by atoms with van der Waals surface area (Å²) < 4.78 is 7.46. The number of nitrogens with two attached hydrogens (primary N) is 1. The van der Waals surface area contributed by atoms with Crippen molar-refractivity contribution in [2.24, 2.45) is 5.73 Å². The minimum absolute atomic E-state index is 0.404. The molecule has 3 aromatic carbocycles. The third kappa shape index (κ3) is 8.51. The lowest BCUT2D eigenvalue weighted by Gasteiger charge is -2.27. The maximum absolute atomic E-state index is 12.1. The van der Waals surface area contributed by atoms with Gasteiger partial charge in [-0.15, -0.1) is 0 Å². The highest BCUT2D eigenvalue weighted by Gasteiger charge is 2.27. The Morgan fingerprint density at radius 3 is 2.60 bits per heavy atom. The first-order chi connectivity index (χ1) is 23.0. The molecule has 3 N–H and O–H groups in total. The molecule has 4 aromatic rings. The summed E-state index contributed by atoms with van der Waals surface area (Å²) in [6.07, 6.45) is 1.77. The van der Waals surface area contributed by atoms with Gasteiger partial charge >= 0.3 is 6.03 Å². The van der Waals surface area contributed by atoms with Crippen LogP contribution in [-0.4, -0.2) is 70.4 Å². The summed E-state index contributed by atoms with van der Waals surface area (Å²) in [4.78, 5) is 16.3. The lowest BCUT2D eigenvalue weighted by molar-refractivity contribution is 0.201. The number of thioether (sulfide) groups is 1. The normalized spacial score (nSPS) is 14.7. The molecule has 10 heteroatoms. The van der Waals surface area contributed by atoms with Crippen molar-refractivity contribution in [2.75, 3.05) is 44.8 Å². The number of rotatable bonds is 10. The quantitative estimate of drug-likeness (QED) is 0.209. The van der Waals surface area contributed by atoms with Gasteiger partial charge in [0.15, 0.2) is 0 Å². The smallest absolute Gasteiger partial charge is 0.315 e. The zero-order valence-electron chi connectivity index (χ0n) is 26.8. The number of hydrogen-bond donors (Lipinski definition) is 2. The van der Waals surface area contributed by atoms with Gasteiger partial charge in [0.25, 0.3) is 0 Å². The fourth-order valence-electron chi connectivity index (χ4n) is 6.11. The average molecular weight is 669 g/mol. The van der Waals surface area contributed by atoms with Gasteiger partial charge in [-0.1, -0.05) is 53.8 Å². The van der Waals surface area contributed by atoms with E-state index in [0.29, 0.717) is 18.1 Å². The number of methoxy groups -OCH3 is 1. The van der Waals surface area contributed by atoms with Crippen molar-refractivity contribution < 1.29 is 9.53 Å². The predicted molar refractivity (Wildman–Crippen MR) is 191 cm³/mol. The molecule has 0 radical (unpaired) electrons. The lowest BCUT2D eigenvalue weighted by atomic mass is 9.99. The SMILES string of the molecule is COc1cccc(CNCc2ccc(C#Cc3cc(-c4nn(CCCN5CCSCC5)c5c4CN(C(N)=O)CC5)ccc3Cl)cc2)c1. The predicted octanol–water partition coefficient (Wildman–Crippen LogP) is 5.78. The third-order valence-electron chi connectivity index (χ3n) is 8.72. The molecule has 2 amide bonds. The molecule has 0 bridgehead atoms. The Hall–Kier alpha value is -3.94. The number of nitrogens with zero attached hydrogens (tertiary/aromatic N) is 4. The van der Waals surface area contributed by atoms with Gasteiger partial charge in [-0.3, -0.25) is 4.68 Å². The number of aromatic nitrogens is 2. The van der Waals surface area contributed by atoms with Crippen LogP contribution in [0.4, 0.5) is 4.79 Å². The van der Waals surface area contributed by atoms with Gasteiger partial charge in [-0.25, -0.2) is 4.79 Å². The van der Waals surface area contributed by atoms with E-state index in [0.717, 1.165) is 85.8 Å². The summed E-state index contributed by atoms with van der Waals surface area (Å²) in [6, 6.07) is 21.8. The standard InChI is InChI=1S/C37H41ClN6O2S/c1-46-32-5-2-4-29(22-32)25-40-24-28-8-6-27(7-9-28)10-11-30-23-31(12-13-34(30)38)36-33-26-43(37(39)45)17-14-35(33)44(41-36)16-3-15-42-18-20-47-21-19-42/h2,4-9,12-13,22-23,40H,3,14-21,24-26H2,1H3,(H2,39,45). The van der Waals surface area contributed by atoms with E-state index in [4.69, 9.17) is 27.2 Å². The van der Waals surface area contributed by atoms with E-state index in [1.165, 1.54) is 28.3 Å². The molecule has 0 unspecified atom stereocenters. The molecule has 3 heterocycles. The highest BCUT2D eigenvalue weighted by molar-refractivity contribution is 7.99. The number of carbonyl (C=O) groups excluding carboxylic acids is 1. The van der Waals surface area contributed by atoms with Crippen molar-refractivity contribution in [2.45, 2.75) is 39.0 Å². The number of nitrogens with one attached hydrogen (secondary N) is 1.